The monoisotopic (exact) mass is 995 g/mol. The molecule has 0 aromatic carbocycles. The number of ether oxygens (including phenoxy) is 5. The Hall–Kier alpha value is -6.42. The number of carbonyl (C=O) groups excluding carboxylic acids is 5. The van der Waals surface area contributed by atoms with Crippen LogP contribution in [-0.2, 0) is 52.5 Å². The van der Waals surface area contributed by atoms with E-state index >= 15 is 0 Å². The summed E-state index contributed by atoms with van der Waals surface area (Å²) in [4.78, 5) is 65.5. The predicted octanol–water partition coefficient (Wildman–Crippen LogP) is 9.69. The quantitative estimate of drug-likeness (QED) is 0.0149. The Morgan fingerprint density at radius 1 is 0.408 bits per heavy atom. The van der Waals surface area contributed by atoms with Crippen molar-refractivity contribution in [2.75, 3.05) is 40.6 Å². The Labute approximate surface area is 422 Å². The number of aliphatic carboxylic acids is 1. The lowest BCUT2D eigenvalue weighted by Crippen LogP contribution is -2.25. The number of carboxylic acids is 1. The topological polar surface area (TPSA) is 229 Å². The second kappa shape index (κ2) is 56.2. The van der Waals surface area contributed by atoms with Gasteiger partial charge in [0.25, 0.3) is 0 Å². The molecule has 0 aliphatic rings. The highest BCUT2D eigenvalue weighted by molar-refractivity contribution is 5.92. The van der Waals surface area contributed by atoms with Crippen molar-refractivity contribution in [3.63, 3.8) is 0 Å². The number of aliphatic hydroxyl groups is 3. The van der Waals surface area contributed by atoms with Gasteiger partial charge in [0.05, 0.1) is 20.8 Å². The third-order valence-corrected chi connectivity index (χ3v) is 8.43. The van der Waals surface area contributed by atoms with E-state index in [1.54, 1.807) is 0 Å². The van der Waals surface area contributed by atoms with Crippen LogP contribution in [0.25, 0.3) is 0 Å². The Balaban J connectivity index is -0.00000109. The number of carboxylic acid groups (broad SMARTS) is 1. The van der Waals surface area contributed by atoms with Gasteiger partial charge in [-0.1, -0.05) is 135 Å². The molecule has 71 heavy (non-hydrogen) atoms. The lowest BCUT2D eigenvalue weighted by Gasteiger charge is -2.11. The maximum Gasteiger partial charge on any atom is 0.331 e. The van der Waals surface area contributed by atoms with Gasteiger partial charge < -0.3 is 44.1 Å². The minimum Gasteiger partial charge on any atom is -0.481 e. The van der Waals surface area contributed by atoms with E-state index < -0.39 is 54.6 Å². The zero-order valence-electron chi connectivity index (χ0n) is 42.4. The molecule has 0 bridgehead atoms. The van der Waals surface area contributed by atoms with Gasteiger partial charge in [0.2, 0.25) is 0 Å². The summed E-state index contributed by atoms with van der Waals surface area (Å²) in [6, 6.07) is 0. The van der Waals surface area contributed by atoms with Gasteiger partial charge in [-0.15, -0.1) is 0 Å². The van der Waals surface area contributed by atoms with E-state index in [0.717, 1.165) is 108 Å². The van der Waals surface area contributed by atoms with Crippen LogP contribution in [-0.4, -0.2) is 109 Å². The molecular weight excluding hydrogens is 913 g/mol. The molecule has 2 atom stereocenters. The summed E-state index contributed by atoms with van der Waals surface area (Å²) in [7, 11) is 2.35. The first kappa shape index (κ1) is 68.8. The molecule has 0 aromatic heterocycles. The van der Waals surface area contributed by atoms with E-state index in [9.17, 15) is 33.9 Å². The fourth-order valence-electron chi connectivity index (χ4n) is 4.70. The molecule has 15 nitrogen and oxygen atoms in total. The fourth-order valence-corrected chi connectivity index (χ4v) is 4.70. The van der Waals surface area contributed by atoms with E-state index in [2.05, 4.69) is 144 Å². The molecule has 0 heterocycles. The average Bonchev–Trinajstić information content (AvgIpc) is 3.37. The SMILES string of the molecule is CC/C=C\C/C=C\C/C=C\C/C=C\C/C=C\CCCC(=O)O.CC/C=C\C/C=C\C/C=C\C/C=C\C/C=C\CCCC(=O)OCC(O)COC(=O)/C=C/C(=O)OC.COC(=O)/C=C/C(=O)OCC(O)CO. The number of rotatable bonds is 37. The third-order valence-electron chi connectivity index (χ3n) is 8.43. The van der Waals surface area contributed by atoms with E-state index in [0.29, 0.717) is 6.42 Å². The summed E-state index contributed by atoms with van der Waals surface area (Å²) in [5.74, 6) is -4.10. The van der Waals surface area contributed by atoms with Crippen LogP contribution in [0.4, 0.5) is 0 Å². The largest absolute Gasteiger partial charge is 0.481 e. The summed E-state index contributed by atoms with van der Waals surface area (Å²) in [6.07, 6.45) is 57.5. The van der Waals surface area contributed by atoms with Crippen molar-refractivity contribution in [3.8, 4) is 0 Å². The third kappa shape index (κ3) is 61.6. The van der Waals surface area contributed by atoms with Crippen molar-refractivity contribution in [1.29, 1.82) is 0 Å². The molecule has 0 saturated carbocycles. The lowest BCUT2D eigenvalue weighted by atomic mass is 10.2. The number of esters is 5. The Kier molecular flexibility index (Phi) is 54.5. The first-order chi connectivity index (χ1) is 34.4. The van der Waals surface area contributed by atoms with Gasteiger partial charge in [0, 0.05) is 37.1 Å². The summed E-state index contributed by atoms with van der Waals surface area (Å²) >= 11 is 0. The average molecular weight is 995 g/mol. The molecule has 0 aromatic rings. The van der Waals surface area contributed by atoms with Gasteiger partial charge in [-0.25, -0.2) is 19.2 Å². The summed E-state index contributed by atoms with van der Waals surface area (Å²) < 4.78 is 22.7. The minimum atomic E-state index is -1.14. The molecule has 2 unspecified atom stereocenters. The maximum atomic E-state index is 11.7. The van der Waals surface area contributed by atoms with Crippen molar-refractivity contribution in [1.82, 2.24) is 0 Å². The van der Waals surface area contributed by atoms with Crippen molar-refractivity contribution < 1.29 is 72.9 Å². The summed E-state index contributed by atoms with van der Waals surface area (Å²) in [5, 5.41) is 35.3. The van der Waals surface area contributed by atoms with Crippen molar-refractivity contribution in [2.24, 2.45) is 0 Å². The number of hydrogen-bond donors (Lipinski definition) is 4. The zero-order valence-corrected chi connectivity index (χ0v) is 42.4. The highest BCUT2D eigenvalue weighted by Gasteiger charge is 2.11. The first-order valence-electron chi connectivity index (χ1n) is 24.1. The predicted molar refractivity (Wildman–Crippen MR) is 279 cm³/mol. The van der Waals surface area contributed by atoms with Crippen molar-refractivity contribution >= 4 is 35.8 Å². The van der Waals surface area contributed by atoms with E-state index in [1.807, 2.05) is 6.08 Å². The first-order valence-corrected chi connectivity index (χ1v) is 24.1. The van der Waals surface area contributed by atoms with E-state index in [-0.39, 0.29) is 32.7 Å². The fraction of sp³-hybridized carbons (Fsp3) is 0.464. The molecule has 396 valence electrons. The highest BCUT2D eigenvalue weighted by atomic mass is 16.6. The molecular formula is C56H82O15. The van der Waals surface area contributed by atoms with Gasteiger partial charge in [-0.3, -0.25) is 9.59 Å². The van der Waals surface area contributed by atoms with Gasteiger partial charge in [-0.2, -0.15) is 0 Å². The van der Waals surface area contributed by atoms with Gasteiger partial charge in [-0.05, 0) is 89.9 Å². The highest BCUT2D eigenvalue weighted by Crippen LogP contribution is 2.03. The van der Waals surface area contributed by atoms with E-state index in [4.69, 9.17) is 24.8 Å². The van der Waals surface area contributed by atoms with Gasteiger partial charge >= 0.3 is 35.8 Å². The summed E-state index contributed by atoms with van der Waals surface area (Å²) in [5.41, 5.74) is 0. The molecule has 0 saturated heterocycles. The Bertz CT molecular complexity index is 1760. The zero-order chi connectivity index (χ0) is 53.3. The second-order valence-corrected chi connectivity index (χ2v) is 14.7. The molecule has 0 radical (unpaired) electrons. The summed E-state index contributed by atoms with van der Waals surface area (Å²) in [6.45, 7) is 2.85. The molecule has 0 fully saturated rings. The van der Waals surface area contributed by atoms with Crippen LogP contribution >= 0.6 is 0 Å². The van der Waals surface area contributed by atoms with Crippen LogP contribution in [0.1, 0.15) is 117 Å². The second-order valence-electron chi connectivity index (χ2n) is 14.7. The minimum absolute atomic E-state index is 0.239. The number of unbranched alkanes of at least 4 members (excludes halogenated alkanes) is 2. The molecule has 0 amide bonds. The van der Waals surface area contributed by atoms with Crippen LogP contribution in [0.5, 0.6) is 0 Å². The van der Waals surface area contributed by atoms with Crippen LogP contribution in [0.2, 0.25) is 0 Å². The van der Waals surface area contributed by atoms with E-state index in [1.165, 1.54) is 14.2 Å². The number of carbonyl (C=O) groups is 6. The number of aliphatic hydroxyl groups excluding tert-OH is 3. The Morgan fingerprint density at radius 2 is 0.704 bits per heavy atom. The Morgan fingerprint density at radius 3 is 1.03 bits per heavy atom. The smallest absolute Gasteiger partial charge is 0.331 e. The lowest BCUT2D eigenvalue weighted by molar-refractivity contribution is -0.150. The van der Waals surface area contributed by atoms with Crippen molar-refractivity contribution in [2.45, 2.75) is 129 Å². The standard InChI is InChI=1S/C28H40O7.C20H30O2.C8H12O6/c1-3-4-5-6-7-8-9-10-11-12-13-14-15-16-17-18-19-20-27(31)34-23-25(29)24-35-28(32)22-21-26(30)33-2;1-2-3-4-5-6-7-8-9-10-11-12-13-14-15-16-17-18-19-20(21)22;1-13-7(11)2-3-8(12)14-5-6(10)4-9/h4-5,7-8,10-11,13-14,16-17,21-22,25,29H,3,6,9,12,15,18-20,23-24H2,1-2H3;3-4,6-7,9-10,12-13,15-16H,2,5,8,11,14,17-19H2,1H3,(H,21,22);2-3,6,9-10H,4-5H2,1H3/b5-4-,8-7-,11-10-,14-13-,17-16-,22-21+;4-3-,7-6-,10-9-,13-12-,16-15-;3-2+. The molecule has 4 N–H and O–H groups in total. The molecule has 0 aliphatic heterocycles. The normalized spacial score (nSPS) is 12.9. The van der Waals surface area contributed by atoms with Gasteiger partial charge in [0.1, 0.15) is 32.0 Å². The molecule has 0 rings (SSSR count). The molecule has 0 aliphatic carbocycles. The number of methoxy groups -OCH3 is 2. The maximum absolute atomic E-state index is 11.7. The van der Waals surface area contributed by atoms with Crippen LogP contribution in [0.3, 0.4) is 0 Å². The van der Waals surface area contributed by atoms with Crippen LogP contribution in [0.15, 0.2) is 146 Å². The number of allylic oxidation sites excluding steroid dienone is 20. The molecule has 15 heteroatoms. The van der Waals surface area contributed by atoms with Crippen LogP contribution in [0, 0.1) is 0 Å². The molecule has 0 spiro atoms. The van der Waals surface area contributed by atoms with Crippen LogP contribution < -0.4 is 0 Å². The van der Waals surface area contributed by atoms with Gasteiger partial charge in [0.15, 0.2) is 0 Å². The number of hydrogen-bond acceptors (Lipinski definition) is 14. The van der Waals surface area contributed by atoms with Crippen molar-refractivity contribution in [3.05, 3.63) is 146 Å².